The highest BCUT2D eigenvalue weighted by molar-refractivity contribution is 6.42. The minimum Gasteiger partial charge on any atom is -0.351 e. The van der Waals surface area contributed by atoms with E-state index in [1.807, 2.05) is 36.4 Å². The highest BCUT2D eigenvalue weighted by Gasteiger charge is 2.35. The second-order valence-corrected chi connectivity index (χ2v) is 8.08. The molecule has 1 aromatic heterocycles. The summed E-state index contributed by atoms with van der Waals surface area (Å²) in [5, 5.41) is 8.05. The predicted molar refractivity (Wildman–Crippen MR) is 115 cm³/mol. The summed E-state index contributed by atoms with van der Waals surface area (Å²) in [6, 6.07) is 16.2. The molecule has 0 saturated carbocycles. The van der Waals surface area contributed by atoms with Gasteiger partial charge in [0.05, 0.1) is 22.4 Å². The Morgan fingerprint density at radius 2 is 1.79 bits per heavy atom. The molecule has 0 bridgehead atoms. The van der Waals surface area contributed by atoms with Gasteiger partial charge in [-0.3, -0.25) is 0 Å². The van der Waals surface area contributed by atoms with Crippen LogP contribution in [0.5, 0.6) is 0 Å². The smallest absolute Gasteiger partial charge is 0.223 e. The maximum atomic E-state index is 13.2. The Morgan fingerprint density at radius 3 is 2.52 bits per heavy atom. The maximum Gasteiger partial charge on any atom is 0.223 e. The van der Waals surface area contributed by atoms with Crippen LogP contribution in [0.25, 0.3) is 0 Å². The van der Waals surface area contributed by atoms with Crippen LogP contribution in [0.4, 0.5) is 10.3 Å². The lowest BCUT2D eigenvalue weighted by Crippen LogP contribution is -2.36. The maximum absolute atomic E-state index is 13.2. The van der Waals surface area contributed by atoms with Gasteiger partial charge in [0, 0.05) is 25.0 Å². The first-order chi connectivity index (χ1) is 14.1. The molecule has 0 amide bonds. The molecule has 0 aliphatic carbocycles. The molecule has 0 spiro atoms. The molecule has 150 valence electrons. The third-order valence-corrected chi connectivity index (χ3v) is 6.12. The third kappa shape index (κ3) is 4.86. The fraction of sp³-hybridized carbons (Fsp3) is 0.273. The number of hydrogen-bond acceptors (Lipinski definition) is 4. The molecule has 0 radical (unpaired) electrons. The molecule has 2 unspecified atom stereocenters. The number of nitrogens with zero attached hydrogens (tertiary/aromatic N) is 2. The van der Waals surface area contributed by atoms with Crippen molar-refractivity contribution in [3.8, 4) is 0 Å². The van der Waals surface area contributed by atoms with Crippen LogP contribution < -0.4 is 10.6 Å². The zero-order valence-corrected chi connectivity index (χ0v) is 17.2. The van der Waals surface area contributed by atoms with Crippen LogP contribution >= 0.6 is 23.2 Å². The van der Waals surface area contributed by atoms with Crippen molar-refractivity contribution in [2.75, 3.05) is 18.4 Å². The van der Waals surface area contributed by atoms with Crippen molar-refractivity contribution in [2.24, 2.45) is 5.92 Å². The molecule has 1 fully saturated rings. The number of benzene rings is 2. The molecule has 1 aliphatic rings. The number of hydrogen-bond donors (Lipinski definition) is 2. The molecule has 2 heterocycles. The van der Waals surface area contributed by atoms with Crippen molar-refractivity contribution in [1.82, 2.24) is 15.3 Å². The van der Waals surface area contributed by atoms with Crippen molar-refractivity contribution < 1.29 is 4.39 Å². The fourth-order valence-electron chi connectivity index (χ4n) is 3.96. The zero-order valence-electron chi connectivity index (χ0n) is 15.7. The van der Waals surface area contributed by atoms with E-state index in [2.05, 4.69) is 32.7 Å². The van der Waals surface area contributed by atoms with Gasteiger partial charge in [0.15, 0.2) is 5.82 Å². The first-order valence-corrected chi connectivity index (χ1v) is 10.3. The molecule has 2 N–H and O–H groups in total. The molecule has 1 aliphatic heterocycles. The molecule has 1 saturated heterocycles. The fourth-order valence-corrected chi connectivity index (χ4v) is 4.27. The highest BCUT2D eigenvalue weighted by Crippen LogP contribution is 2.35. The lowest BCUT2D eigenvalue weighted by Gasteiger charge is -2.29. The Bertz CT molecular complexity index is 953. The second kappa shape index (κ2) is 9.08. The Labute approximate surface area is 179 Å². The van der Waals surface area contributed by atoms with Crippen molar-refractivity contribution in [1.29, 1.82) is 0 Å². The number of anilines is 1. The first-order valence-electron chi connectivity index (χ1n) is 9.54. The zero-order chi connectivity index (χ0) is 20.2. The molecule has 7 heteroatoms. The summed E-state index contributed by atoms with van der Waals surface area (Å²) in [5.74, 6) is 0.492. The Morgan fingerprint density at radius 1 is 1.03 bits per heavy atom. The van der Waals surface area contributed by atoms with Gasteiger partial charge in [-0.2, -0.15) is 0 Å². The molecule has 2 aromatic carbocycles. The number of aromatic nitrogens is 2. The minimum atomic E-state index is -0.452. The van der Waals surface area contributed by atoms with Gasteiger partial charge >= 0.3 is 0 Å². The van der Waals surface area contributed by atoms with Gasteiger partial charge in [0.25, 0.3) is 0 Å². The van der Waals surface area contributed by atoms with Crippen molar-refractivity contribution in [2.45, 2.75) is 18.4 Å². The topological polar surface area (TPSA) is 49.8 Å². The van der Waals surface area contributed by atoms with E-state index in [0.29, 0.717) is 16.0 Å². The summed E-state index contributed by atoms with van der Waals surface area (Å²) in [6.07, 6.45) is 3.16. The van der Waals surface area contributed by atoms with Gasteiger partial charge in [-0.1, -0.05) is 59.6 Å². The molecular weight excluding hydrogens is 410 g/mol. The number of halogens is 3. The average Bonchev–Trinajstić information content (AvgIpc) is 3.22. The average molecular weight is 431 g/mol. The molecule has 29 heavy (non-hydrogen) atoms. The van der Waals surface area contributed by atoms with Crippen molar-refractivity contribution in [3.05, 3.63) is 87.9 Å². The van der Waals surface area contributed by atoms with E-state index < -0.39 is 5.82 Å². The van der Waals surface area contributed by atoms with Crippen LogP contribution in [0.15, 0.2) is 60.9 Å². The molecule has 3 aromatic rings. The van der Waals surface area contributed by atoms with Gasteiger partial charge in [-0.05, 0) is 35.6 Å². The summed E-state index contributed by atoms with van der Waals surface area (Å²) >= 11 is 12.4. The monoisotopic (exact) mass is 430 g/mol. The Hall–Kier alpha value is -2.21. The SMILES string of the molecule is Fc1cnc(N[C@H](Cc2ccccc2)C2CNCC2c2ccc(Cl)c(Cl)c2)nc1. The number of rotatable bonds is 6. The first kappa shape index (κ1) is 20.1. The van der Waals surface area contributed by atoms with Crippen molar-refractivity contribution >= 4 is 29.2 Å². The molecule has 4 rings (SSSR count). The van der Waals surface area contributed by atoms with Crippen LogP contribution in [-0.2, 0) is 6.42 Å². The normalized spacial score (nSPS) is 19.8. The van der Waals surface area contributed by atoms with E-state index in [1.54, 1.807) is 0 Å². The summed E-state index contributed by atoms with van der Waals surface area (Å²) < 4.78 is 13.2. The van der Waals surface area contributed by atoms with Crippen LogP contribution in [0.2, 0.25) is 10.0 Å². The van der Waals surface area contributed by atoms with Crippen LogP contribution in [0.1, 0.15) is 17.0 Å². The van der Waals surface area contributed by atoms with E-state index in [1.165, 1.54) is 18.0 Å². The summed E-state index contributed by atoms with van der Waals surface area (Å²) in [5.41, 5.74) is 2.36. The van der Waals surface area contributed by atoms with Crippen molar-refractivity contribution in [3.63, 3.8) is 0 Å². The van der Waals surface area contributed by atoms with Gasteiger partial charge < -0.3 is 10.6 Å². The lowest BCUT2D eigenvalue weighted by molar-refractivity contribution is 0.433. The van der Waals surface area contributed by atoms with E-state index in [9.17, 15) is 4.39 Å². The predicted octanol–water partition coefficient (Wildman–Crippen LogP) is 4.95. The van der Waals surface area contributed by atoms with E-state index in [4.69, 9.17) is 23.2 Å². The summed E-state index contributed by atoms with van der Waals surface area (Å²) in [4.78, 5) is 8.20. The third-order valence-electron chi connectivity index (χ3n) is 5.38. The quantitative estimate of drug-likeness (QED) is 0.580. The largest absolute Gasteiger partial charge is 0.351 e. The van der Waals surface area contributed by atoms with Gasteiger partial charge in [-0.15, -0.1) is 0 Å². The summed E-state index contributed by atoms with van der Waals surface area (Å²) in [6.45, 7) is 1.69. The van der Waals surface area contributed by atoms with Gasteiger partial charge in [0.1, 0.15) is 0 Å². The van der Waals surface area contributed by atoms with E-state index in [-0.39, 0.29) is 17.9 Å². The van der Waals surface area contributed by atoms with Crippen LogP contribution in [-0.4, -0.2) is 29.1 Å². The lowest BCUT2D eigenvalue weighted by atomic mass is 9.81. The molecule has 4 nitrogen and oxygen atoms in total. The Kier molecular flexibility index (Phi) is 6.28. The standard InChI is InChI=1S/C22H21Cl2FN4/c23-19-7-6-15(9-20(19)24)17-12-26-13-18(17)21(8-14-4-2-1-3-5-14)29-22-27-10-16(25)11-28-22/h1-7,9-11,17-18,21,26H,8,12-13H2,(H,27,28,29)/t17?,18?,21-/m1/s1. The minimum absolute atomic E-state index is 0.0531. The highest BCUT2D eigenvalue weighted by atomic mass is 35.5. The second-order valence-electron chi connectivity index (χ2n) is 7.27. The summed E-state index contributed by atoms with van der Waals surface area (Å²) in [7, 11) is 0. The van der Waals surface area contributed by atoms with Crippen LogP contribution in [0.3, 0.4) is 0 Å². The van der Waals surface area contributed by atoms with Gasteiger partial charge in [0.2, 0.25) is 5.95 Å². The number of nitrogens with one attached hydrogen (secondary N) is 2. The van der Waals surface area contributed by atoms with E-state index in [0.717, 1.165) is 25.1 Å². The molecule has 3 atom stereocenters. The van der Waals surface area contributed by atoms with Gasteiger partial charge in [-0.25, -0.2) is 14.4 Å². The van der Waals surface area contributed by atoms with Crippen LogP contribution in [0, 0.1) is 11.7 Å². The molecular formula is C22H21Cl2FN4. The Balaban J connectivity index is 1.62. The van der Waals surface area contributed by atoms with E-state index >= 15 is 0 Å².